The minimum atomic E-state index is -0.336. The van der Waals surface area contributed by atoms with Gasteiger partial charge in [0.05, 0.1) is 6.10 Å². The van der Waals surface area contributed by atoms with Crippen molar-refractivity contribution in [3.63, 3.8) is 0 Å². The summed E-state index contributed by atoms with van der Waals surface area (Å²) in [5.74, 6) is -0.126. The lowest BCUT2D eigenvalue weighted by Gasteiger charge is -2.40. The van der Waals surface area contributed by atoms with Crippen molar-refractivity contribution in [3.8, 4) is 0 Å². The molecule has 0 amide bonds. The normalized spacial score (nSPS) is 32.1. The maximum Gasteiger partial charge on any atom is 0.130 e. The largest absolute Gasteiger partial charge is 0.392 e. The number of benzene rings is 1. The van der Waals surface area contributed by atoms with Gasteiger partial charge in [0.2, 0.25) is 0 Å². The molecule has 3 heteroatoms. The maximum atomic E-state index is 13.8. The van der Waals surface area contributed by atoms with Gasteiger partial charge in [0.1, 0.15) is 5.82 Å². The SMILES string of the molecule is OC1CCN2CC=C(c3ccccc3F)C1C2. The third kappa shape index (κ3) is 1.90. The highest BCUT2D eigenvalue weighted by atomic mass is 19.1. The van der Waals surface area contributed by atoms with Gasteiger partial charge in [0.25, 0.3) is 0 Å². The Kier molecular flexibility index (Phi) is 2.73. The highest BCUT2D eigenvalue weighted by molar-refractivity contribution is 5.69. The van der Waals surface area contributed by atoms with Gasteiger partial charge in [-0.15, -0.1) is 0 Å². The molecule has 90 valence electrons. The lowest BCUT2D eigenvalue weighted by molar-refractivity contribution is 0.0507. The van der Waals surface area contributed by atoms with E-state index in [2.05, 4.69) is 11.0 Å². The molecule has 3 atom stereocenters. The van der Waals surface area contributed by atoms with E-state index in [-0.39, 0.29) is 17.8 Å². The lowest BCUT2D eigenvalue weighted by atomic mass is 9.81. The Bertz CT molecular complexity index is 457. The maximum absolute atomic E-state index is 13.8. The number of rotatable bonds is 1. The van der Waals surface area contributed by atoms with Gasteiger partial charge < -0.3 is 5.11 Å². The van der Waals surface area contributed by atoms with E-state index in [0.717, 1.165) is 31.6 Å². The molecule has 1 saturated heterocycles. The van der Waals surface area contributed by atoms with Crippen LogP contribution in [-0.2, 0) is 0 Å². The molecule has 3 unspecified atom stereocenters. The van der Waals surface area contributed by atoms with Crippen LogP contribution in [0.4, 0.5) is 4.39 Å². The van der Waals surface area contributed by atoms with Crippen molar-refractivity contribution >= 4 is 5.57 Å². The molecule has 2 bridgehead atoms. The zero-order valence-corrected chi connectivity index (χ0v) is 9.64. The molecule has 1 aromatic rings. The Balaban J connectivity index is 2.00. The first kappa shape index (κ1) is 10.9. The first-order chi connectivity index (χ1) is 8.25. The summed E-state index contributed by atoms with van der Waals surface area (Å²) in [6, 6.07) is 6.84. The third-order valence-corrected chi connectivity index (χ3v) is 3.81. The van der Waals surface area contributed by atoms with Crippen LogP contribution in [-0.4, -0.2) is 35.7 Å². The molecule has 2 heterocycles. The molecule has 1 N–H and O–H groups in total. The molecule has 0 aliphatic carbocycles. The second-order valence-corrected chi connectivity index (χ2v) is 4.86. The van der Waals surface area contributed by atoms with Crippen LogP contribution in [0.25, 0.3) is 5.57 Å². The highest BCUT2D eigenvalue weighted by Crippen LogP contribution is 2.35. The van der Waals surface area contributed by atoms with Crippen LogP contribution < -0.4 is 0 Å². The molecule has 17 heavy (non-hydrogen) atoms. The summed E-state index contributed by atoms with van der Waals surface area (Å²) in [7, 11) is 0. The van der Waals surface area contributed by atoms with Crippen molar-refractivity contribution in [2.45, 2.75) is 12.5 Å². The molecular weight excluding hydrogens is 217 g/mol. The molecule has 0 saturated carbocycles. The predicted octanol–water partition coefficient (Wildman–Crippen LogP) is 1.91. The average molecular weight is 233 g/mol. The van der Waals surface area contributed by atoms with Crippen LogP contribution in [0.3, 0.4) is 0 Å². The van der Waals surface area contributed by atoms with Crippen molar-refractivity contribution in [3.05, 3.63) is 41.7 Å². The van der Waals surface area contributed by atoms with Gasteiger partial charge in [0, 0.05) is 31.1 Å². The molecule has 2 aliphatic rings. The Morgan fingerprint density at radius 3 is 2.94 bits per heavy atom. The van der Waals surface area contributed by atoms with Crippen molar-refractivity contribution < 1.29 is 9.50 Å². The summed E-state index contributed by atoms with van der Waals surface area (Å²) in [6.45, 7) is 2.66. The molecule has 0 aromatic heterocycles. The van der Waals surface area contributed by atoms with Gasteiger partial charge in [-0.1, -0.05) is 24.3 Å². The smallest absolute Gasteiger partial charge is 0.130 e. The second-order valence-electron chi connectivity index (χ2n) is 4.86. The van der Waals surface area contributed by atoms with Crippen LogP contribution in [0, 0.1) is 11.7 Å². The fraction of sp³-hybridized carbons (Fsp3) is 0.429. The lowest BCUT2D eigenvalue weighted by Crippen LogP contribution is -2.46. The van der Waals surface area contributed by atoms with Crippen molar-refractivity contribution in [1.29, 1.82) is 0 Å². The molecule has 1 fully saturated rings. The molecule has 2 aliphatic heterocycles. The fourth-order valence-corrected chi connectivity index (χ4v) is 2.86. The highest BCUT2D eigenvalue weighted by Gasteiger charge is 2.34. The summed E-state index contributed by atoms with van der Waals surface area (Å²) >= 11 is 0. The average Bonchev–Trinajstić information content (AvgIpc) is 2.36. The number of aliphatic hydroxyl groups is 1. The van der Waals surface area contributed by atoms with Gasteiger partial charge in [-0.05, 0) is 18.1 Å². The van der Waals surface area contributed by atoms with E-state index >= 15 is 0 Å². The van der Waals surface area contributed by atoms with Crippen LogP contribution in [0.2, 0.25) is 0 Å². The van der Waals surface area contributed by atoms with Crippen LogP contribution in [0.1, 0.15) is 12.0 Å². The van der Waals surface area contributed by atoms with Gasteiger partial charge >= 0.3 is 0 Å². The minimum Gasteiger partial charge on any atom is -0.392 e. The summed E-state index contributed by atoms with van der Waals surface area (Å²) in [5, 5.41) is 10.1. The number of fused-ring (bicyclic) bond motifs is 2. The van der Waals surface area contributed by atoms with E-state index in [1.807, 2.05) is 6.07 Å². The van der Waals surface area contributed by atoms with E-state index in [9.17, 15) is 9.50 Å². The Hall–Kier alpha value is -1.19. The van der Waals surface area contributed by atoms with Gasteiger partial charge in [-0.2, -0.15) is 0 Å². The van der Waals surface area contributed by atoms with E-state index in [1.165, 1.54) is 6.07 Å². The van der Waals surface area contributed by atoms with Crippen LogP contribution in [0.5, 0.6) is 0 Å². The topological polar surface area (TPSA) is 23.5 Å². The fourth-order valence-electron chi connectivity index (χ4n) is 2.86. The van der Waals surface area contributed by atoms with E-state index in [4.69, 9.17) is 0 Å². The quantitative estimate of drug-likeness (QED) is 0.801. The molecule has 0 radical (unpaired) electrons. The summed E-state index contributed by atoms with van der Waals surface area (Å²) in [6.07, 6.45) is 2.52. The third-order valence-electron chi connectivity index (χ3n) is 3.81. The summed E-state index contributed by atoms with van der Waals surface area (Å²) in [5.41, 5.74) is 1.63. The zero-order chi connectivity index (χ0) is 11.8. The van der Waals surface area contributed by atoms with Crippen molar-refractivity contribution in [1.82, 2.24) is 4.90 Å². The van der Waals surface area contributed by atoms with Crippen LogP contribution in [0.15, 0.2) is 30.3 Å². The first-order valence-electron chi connectivity index (χ1n) is 6.11. The summed E-state index contributed by atoms with van der Waals surface area (Å²) in [4.78, 5) is 2.31. The Morgan fingerprint density at radius 2 is 2.12 bits per heavy atom. The van der Waals surface area contributed by atoms with E-state index in [0.29, 0.717) is 5.56 Å². The molecule has 0 spiro atoms. The van der Waals surface area contributed by atoms with Gasteiger partial charge in [-0.3, -0.25) is 4.90 Å². The number of piperidine rings is 1. The van der Waals surface area contributed by atoms with Crippen molar-refractivity contribution in [2.24, 2.45) is 5.92 Å². The molecular formula is C14H16FNO. The van der Waals surface area contributed by atoms with E-state index in [1.54, 1.807) is 12.1 Å². The number of aliphatic hydroxyl groups excluding tert-OH is 1. The number of halogens is 1. The van der Waals surface area contributed by atoms with Crippen LogP contribution >= 0.6 is 0 Å². The number of hydrogen-bond acceptors (Lipinski definition) is 2. The van der Waals surface area contributed by atoms with Gasteiger partial charge in [-0.25, -0.2) is 4.39 Å². The predicted molar refractivity (Wildman–Crippen MR) is 64.9 cm³/mol. The molecule has 3 rings (SSSR count). The monoisotopic (exact) mass is 233 g/mol. The standard InChI is InChI=1S/C14H16FNO/c15-13-4-2-1-3-11(13)10-5-7-16-8-6-14(17)12(10)9-16/h1-5,12,14,17H,6-9H2. The number of nitrogens with zero attached hydrogens (tertiary/aromatic N) is 1. The summed E-state index contributed by atoms with van der Waals surface area (Å²) < 4.78 is 13.8. The van der Waals surface area contributed by atoms with Gasteiger partial charge in [0.15, 0.2) is 0 Å². The number of hydrogen-bond donors (Lipinski definition) is 1. The Labute approximate surface area is 100 Å². The van der Waals surface area contributed by atoms with E-state index < -0.39 is 0 Å². The zero-order valence-electron chi connectivity index (χ0n) is 9.64. The second kappa shape index (κ2) is 4.24. The minimum absolute atomic E-state index is 0.0643. The van der Waals surface area contributed by atoms with Crippen molar-refractivity contribution in [2.75, 3.05) is 19.6 Å². The Morgan fingerprint density at radius 1 is 1.29 bits per heavy atom. The molecule has 1 aromatic carbocycles. The first-order valence-corrected chi connectivity index (χ1v) is 6.11. The molecule has 2 nitrogen and oxygen atoms in total.